The van der Waals surface area contributed by atoms with Gasteiger partial charge in [0.1, 0.15) is 0 Å². The van der Waals surface area contributed by atoms with Crippen molar-refractivity contribution in [2.45, 2.75) is 50.7 Å². The summed E-state index contributed by atoms with van der Waals surface area (Å²) < 4.78 is 0. The second-order valence-electron chi connectivity index (χ2n) is 5.02. The Bertz CT molecular complexity index is 248. The van der Waals surface area contributed by atoms with Crippen LogP contribution in [0.1, 0.15) is 39.0 Å². The molecule has 0 aromatic carbocycles. The predicted octanol–water partition coefficient (Wildman–Crippen LogP) is 0.792. The van der Waals surface area contributed by atoms with E-state index in [2.05, 4.69) is 11.4 Å². The van der Waals surface area contributed by atoms with Crippen LogP contribution in [0.25, 0.3) is 0 Å². The Morgan fingerprint density at radius 3 is 2.69 bits per heavy atom. The maximum absolute atomic E-state index is 9.69. The summed E-state index contributed by atoms with van der Waals surface area (Å²) >= 11 is 0. The molecule has 0 aromatic rings. The van der Waals surface area contributed by atoms with Gasteiger partial charge in [0.05, 0.1) is 24.2 Å². The van der Waals surface area contributed by atoms with Crippen molar-refractivity contribution in [3.63, 3.8) is 0 Å². The molecule has 1 saturated carbocycles. The van der Waals surface area contributed by atoms with E-state index in [1.165, 1.54) is 6.42 Å². The average molecular weight is 226 g/mol. The largest absolute Gasteiger partial charge is 0.393 e. The summed E-state index contributed by atoms with van der Waals surface area (Å²) in [7, 11) is 0. The molecule has 3 unspecified atom stereocenters. The zero-order chi connectivity index (χ0) is 12.0. The third kappa shape index (κ3) is 4.09. The van der Waals surface area contributed by atoms with Gasteiger partial charge < -0.3 is 15.5 Å². The number of hydrogen-bond acceptors (Lipinski definition) is 4. The van der Waals surface area contributed by atoms with Gasteiger partial charge in [-0.25, -0.2) is 0 Å². The minimum atomic E-state index is -1.09. The van der Waals surface area contributed by atoms with E-state index in [-0.39, 0.29) is 18.6 Å². The molecule has 0 spiro atoms. The first-order valence-corrected chi connectivity index (χ1v) is 6.05. The number of nitriles is 1. The summed E-state index contributed by atoms with van der Waals surface area (Å²) in [6.07, 6.45) is 5.37. The molecule has 3 N–H and O–H groups in total. The summed E-state index contributed by atoms with van der Waals surface area (Å²) in [5.74, 6) is 0.0389. The van der Waals surface area contributed by atoms with Crippen molar-refractivity contribution in [1.29, 1.82) is 5.26 Å². The van der Waals surface area contributed by atoms with Crippen molar-refractivity contribution in [3.8, 4) is 6.07 Å². The maximum atomic E-state index is 9.69. The van der Waals surface area contributed by atoms with E-state index in [4.69, 9.17) is 10.4 Å². The fourth-order valence-corrected chi connectivity index (χ4v) is 2.11. The summed E-state index contributed by atoms with van der Waals surface area (Å²) in [5.41, 5.74) is -1.09. The minimum Gasteiger partial charge on any atom is -0.393 e. The highest BCUT2D eigenvalue weighted by Crippen LogP contribution is 2.23. The fourth-order valence-electron chi connectivity index (χ4n) is 2.11. The second kappa shape index (κ2) is 6.19. The van der Waals surface area contributed by atoms with Crippen molar-refractivity contribution in [2.75, 3.05) is 13.2 Å². The molecule has 0 bridgehead atoms. The van der Waals surface area contributed by atoms with E-state index in [0.29, 0.717) is 6.54 Å². The number of aliphatic hydroxyl groups excluding tert-OH is 1. The smallest absolute Gasteiger partial charge is 0.0972 e. The Balaban J connectivity index is 2.46. The van der Waals surface area contributed by atoms with Crippen molar-refractivity contribution in [3.05, 3.63) is 0 Å². The molecule has 16 heavy (non-hydrogen) atoms. The van der Waals surface area contributed by atoms with Gasteiger partial charge in [0, 0.05) is 12.6 Å². The highest BCUT2D eigenvalue weighted by molar-refractivity contribution is 4.94. The lowest BCUT2D eigenvalue weighted by Crippen LogP contribution is -2.46. The van der Waals surface area contributed by atoms with Crippen LogP contribution < -0.4 is 5.32 Å². The lowest BCUT2D eigenvalue weighted by Gasteiger charge is -2.27. The lowest BCUT2D eigenvalue weighted by atomic mass is 9.95. The van der Waals surface area contributed by atoms with Crippen molar-refractivity contribution >= 4 is 0 Å². The highest BCUT2D eigenvalue weighted by atomic mass is 16.3. The maximum Gasteiger partial charge on any atom is 0.0972 e. The summed E-state index contributed by atoms with van der Waals surface area (Å²) in [6, 6.07) is 2.50. The van der Waals surface area contributed by atoms with E-state index in [0.717, 1.165) is 25.7 Å². The standard InChI is InChI=1S/C12H22N2O2/c1-12(16,9-15)8-14-11-6-4-2-3-5-10(11)7-13/h10-11,14-16H,2-6,8-9H2,1H3. The Morgan fingerprint density at radius 2 is 2.06 bits per heavy atom. The van der Waals surface area contributed by atoms with Gasteiger partial charge in [-0.1, -0.05) is 19.3 Å². The molecule has 1 fully saturated rings. The first kappa shape index (κ1) is 13.4. The number of nitrogens with one attached hydrogen (secondary N) is 1. The van der Waals surface area contributed by atoms with Gasteiger partial charge in [-0.2, -0.15) is 5.26 Å². The van der Waals surface area contributed by atoms with Gasteiger partial charge in [-0.15, -0.1) is 0 Å². The van der Waals surface area contributed by atoms with Gasteiger partial charge in [-0.05, 0) is 19.8 Å². The average Bonchev–Trinajstić information content (AvgIpc) is 2.51. The van der Waals surface area contributed by atoms with Crippen LogP contribution >= 0.6 is 0 Å². The molecule has 0 amide bonds. The normalized spacial score (nSPS) is 30.1. The van der Waals surface area contributed by atoms with Crippen LogP contribution in [0, 0.1) is 17.2 Å². The van der Waals surface area contributed by atoms with E-state index >= 15 is 0 Å². The van der Waals surface area contributed by atoms with E-state index in [9.17, 15) is 5.11 Å². The zero-order valence-electron chi connectivity index (χ0n) is 9.95. The minimum absolute atomic E-state index is 0.0389. The van der Waals surface area contributed by atoms with Crippen LogP contribution in [0.2, 0.25) is 0 Å². The Kier molecular flexibility index (Phi) is 5.20. The third-order valence-electron chi connectivity index (χ3n) is 3.27. The van der Waals surface area contributed by atoms with Crippen LogP contribution in [0.3, 0.4) is 0 Å². The van der Waals surface area contributed by atoms with Gasteiger partial charge in [0.25, 0.3) is 0 Å². The number of hydrogen-bond donors (Lipinski definition) is 3. The summed E-state index contributed by atoms with van der Waals surface area (Å²) in [6.45, 7) is 1.67. The second-order valence-corrected chi connectivity index (χ2v) is 5.02. The molecule has 0 aromatic heterocycles. The van der Waals surface area contributed by atoms with Crippen LogP contribution in [0.15, 0.2) is 0 Å². The highest BCUT2D eigenvalue weighted by Gasteiger charge is 2.26. The fraction of sp³-hybridized carbons (Fsp3) is 0.917. The Morgan fingerprint density at radius 1 is 1.38 bits per heavy atom. The monoisotopic (exact) mass is 226 g/mol. The molecular formula is C12H22N2O2. The van der Waals surface area contributed by atoms with Crippen molar-refractivity contribution < 1.29 is 10.2 Å². The Labute approximate surface area is 97.3 Å². The topological polar surface area (TPSA) is 76.3 Å². The number of rotatable bonds is 4. The number of aliphatic hydroxyl groups is 2. The molecule has 1 aliphatic carbocycles. The summed E-state index contributed by atoms with van der Waals surface area (Å²) in [5, 5.41) is 30.9. The first-order chi connectivity index (χ1) is 7.59. The van der Waals surface area contributed by atoms with E-state index in [1.54, 1.807) is 6.92 Å². The Hall–Kier alpha value is -0.630. The lowest BCUT2D eigenvalue weighted by molar-refractivity contribution is -0.000309. The molecule has 1 rings (SSSR count). The van der Waals surface area contributed by atoms with Gasteiger partial charge in [0.15, 0.2) is 0 Å². The zero-order valence-corrected chi connectivity index (χ0v) is 9.95. The molecule has 0 radical (unpaired) electrons. The van der Waals surface area contributed by atoms with Gasteiger partial charge in [-0.3, -0.25) is 0 Å². The van der Waals surface area contributed by atoms with E-state index < -0.39 is 5.60 Å². The molecule has 0 heterocycles. The summed E-state index contributed by atoms with van der Waals surface area (Å²) in [4.78, 5) is 0. The van der Waals surface area contributed by atoms with Crippen LogP contribution in [-0.2, 0) is 0 Å². The molecule has 1 aliphatic rings. The quantitative estimate of drug-likeness (QED) is 0.619. The predicted molar refractivity (Wildman–Crippen MR) is 61.7 cm³/mol. The first-order valence-electron chi connectivity index (χ1n) is 6.05. The molecule has 0 aliphatic heterocycles. The molecule has 4 heteroatoms. The molecular weight excluding hydrogens is 204 g/mol. The van der Waals surface area contributed by atoms with E-state index in [1.807, 2.05) is 0 Å². The number of nitrogens with zero attached hydrogens (tertiary/aromatic N) is 1. The third-order valence-corrected chi connectivity index (χ3v) is 3.27. The van der Waals surface area contributed by atoms with Crippen molar-refractivity contribution in [2.24, 2.45) is 5.92 Å². The molecule has 3 atom stereocenters. The van der Waals surface area contributed by atoms with Crippen molar-refractivity contribution in [1.82, 2.24) is 5.32 Å². The molecule has 0 saturated heterocycles. The van der Waals surface area contributed by atoms with Crippen LogP contribution in [-0.4, -0.2) is 35.0 Å². The van der Waals surface area contributed by atoms with Crippen LogP contribution in [0.4, 0.5) is 0 Å². The molecule has 4 nitrogen and oxygen atoms in total. The van der Waals surface area contributed by atoms with Crippen LogP contribution in [0.5, 0.6) is 0 Å². The van der Waals surface area contributed by atoms with Gasteiger partial charge >= 0.3 is 0 Å². The molecule has 92 valence electrons. The SMILES string of the molecule is CC(O)(CO)CNC1CCCCCC1C#N. The van der Waals surface area contributed by atoms with Gasteiger partial charge in [0.2, 0.25) is 0 Å².